The Labute approximate surface area is 217 Å². The molecule has 0 unspecified atom stereocenters. The maximum atomic E-state index is 13.3. The number of imide groups is 2. The normalized spacial score (nSPS) is 14.4. The number of carbonyl (C=O) groups excluding carboxylic acids is 4. The van der Waals surface area contributed by atoms with Crippen molar-refractivity contribution in [2.24, 2.45) is 0 Å². The van der Waals surface area contributed by atoms with Crippen molar-refractivity contribution < 1.29 is 28.7 Å². The molecule has 0 saturated carbocycles. The standard InChI is InChI=1S/C27H22ClN3O6/c1-16-21(28)7-5-8-22(16)31-26(34)20(25(33)30-27(31)35)14-17-6-3-4-9-23(17)37-15-24(32)29-18-10-12-19(36-2)13-11-18/h3-14H,15H2,1-2H3,(H,29,32)(H,30,33,35)/b20-14-. The predicted octanol–water partition coefficient (Wildman–Crippen LogP) is 4.34. The zero-order chi connectivity index (χ0) is 26.5. The lowest BCUT2D eigenvalue weighted by atomic mass is 10.0. The molecule has 10 heteroatoms. The van der Waals surface area contributed by atoms with E-state index >= 15 is 0 Å². The molecule has 0 aliphatic carbocycles. The van der Waals surface area contributed by atoms with Crippen LogP contribution >= 0.6 is 11.6 Å². The number of anilines is 2. The molecule has 9 nitrogen and oxygen atoms in total. The average Bonchev–Trinajstić information content (AvgIpc) is 2.88. The first-order valence-electron chi connectivity index (χ1n) is 11.1. The van der Waals surface area contributed by atoms with Gasteiger partial charge in [-0.3, -0.25) is 19.7 Å². The Morgan fingerprint density at radius 2 is 1.76 bits per heavy atom. The number of urea groups is 1. The molecule has 0 spiro atoms. The second kappa shape index (κ2) is 11.0. The van der Waals surface area contributed by atoms with E-state index in [4.69, 9.17) is 21.1 Å². The minimum atomic E-state index is -0.878. The molecule has 0 aromatic heterocycles. The van der Waals surface area contributed by atoms with E-state index in [2.05, 4.69) is 10.6 Å². The maximum Gasteiger partial charge on any atom is 0.335 e. The molecule has 1 saturated heterocycles. The fourth-order valence-corrected chi connectivity index (χ4v) is 3.79. The number of hydrogen-bond donors (Lipinski definition) is 2. The Morgan fingerprint density at radius 1 is 1.03 bits per heavy atom. The van der Waals surface area contributed by atoms with Crippen LogP contribution < -0.4 is 25.0 Å². The van der Waals surface area contributed by atoms with Gasteiger partial charge in [-0.05, 0) is 61.0 Å². The van der Waals surface area contributed by atoms with Crippen molar-refractivity contribution in [1.82, 2.24) is 5.32 Å². The lowest BCUT2D eigenvalue weighted by molar-refractivity contribution is -0.122. The Balaban J connectivity index is 1.54. The molecule has 0 radical (unpaired) electrons. The summed E-state index contributed by atoms with van der Waals surface area (Å²) in [6.45, 7) is 1.34. The fourth-order valence-electron chi connectivity index (χ4n) is 3.62. The van der Waals surface area contributed by atoms with Crippen molar-refractivity contribution in [2.75, 3.05) is 23.9 Å². The number of amides is 5. The largest absolute Gasteiger partial charge is 0.497 e. The molecule has 3 aromatic rings. The van der Waals surface area contributed by atoms with Gasteiger partial charge >= 0.3 is 6.03 Å². The zero-order valence-electron chi connectivity index (χ0n) is 19.9. The number of carbonyl (C=O) groups is 4. The second-order valence-electron chi connectivity index (χ2n) is 7.94. The predicted molar refractivity (Wildman–Crippen MR) is 139 cm³/mol. The van der Waals surface area contributed by atoms with Gasteiger partial charge in [0.15, 0.2) is 6.61 Å². The van der Waals surface area contributed by atoms with Gasteiger partial charge in [-0.15, -0.1) is 0 Å². The highest BCUT2D eigenvalue weighted by atomic mass is 35.5. The van der Waals surface area contributed by atoms with Crippen LogP contribution in [0.1, 0.15) is 11.1 Å². The molecule has 1 heterocycles. The minimum Gasteiger partial charge on any atom is -0.497 e. The van der Waals surface area contributed by atoms with Gasteiger partial charge in [-0.2, -0.15) is 0 Å². The molecule has 2 N–H and O–H groups in total. The summed E-state index contributed by atoms with van der Waals surface area (Å²) in [7, 11) is 1.55. The summed E-state index contributed by atoms with van der Waals surface area (Å²) in [5.74, 6) is -1.15. The van der Waals surface area contributed by atoms with Crippen molar-refractivity contribution in [3.63, 3.8) is 0 Å². The van der Waals surface area contributed by atoms with Crippen LogP contribution in [0, 0.1) is 6.92 Å². The van der Waals surface area contributed by atoms with E-state index in [1.54, 1.807) is 80.8 Å². The number of rotatable bonds is 7. The molecule has 5 amide bonds. The highest BCUT2D eigenvalue weighted by Crippen LogP contribution is 2.30. The fraction of sp³-hybridized carbons (Fsp3) is 0.111. The molecule has 37 heavy (non-hydrogen) atoms. The van der Waals surface area contributed by atoms with E-state index < -0.39 is 23.8 Å². The first-order valence-corrected chi connectivity index (χ1v) is 11.5. The Bertz CT molecular complexity index is 1420. The van der Waals surface area contributed by atoms with Gasteiger partial charge in [0.25, 0.3) is 17.7 Å². The third-order valence-electron chi connectivity index (χ3n) is 5.53. The van der Waals surface area contributed by atoms with E-state index in [1.165, 1.54) is 6.08 Å². The minimum absolute atomic E-state index is 0.258. The molecule has 0 atom stereocenters. The van der Waals surface area contributed by atoms with E-state index in [0.717, 1.165) is 4.90 Å². The van der Waals surface area contributed by atoms with E-state index in [-0.39, 0.29) is 23.6 Å². The third-order valence-corrected chi connectivity index (χ3v) is 5.94. The first kappa shape index (κ1) is 25.5. The SMILES string of the molecule is COc1ccc(NC(=O)COc2ccccc2/C=C2/C(=O)NC(=O)N(c3cccc(Cl)c3C)C2=O)cc1. The molecule has 1 aliphatic heterocycles. The van der Waals surface area contributed by atoms with Gasteiger partial charge in [0, 0.05) is 16.3 Å². The van der Waals surface area contributed by atoms with Crippen LogP contribution in [0.3, 0.4) is 0 Å². The van der Waals surface area contributed by atoms with Crippen LogP contribution in [-0.4, -0.2) is 37.5 Å². The van der Waals surface area contributed by atoms with Crippen molar-refractivity contribution in [1.29, 1.82) is 0 Å². The van der Waals surface area contributed by atoms with Crippen LogP contribution in [0.15, 0.2) is 72.3 Å². The van der Waals surface area contributed by atoms with Crippen molar-refractivity contribution in [3.05, 3.63) is 88.5 Å². The number of barbiturate groups is 1. The number of para-hydroxylation sites is 1. The summed E-state index contributed by atoms with van der Waals surface area (Å²) in [6.07, 6.45) is 1.31. The van der Waals surface area contributed by atoms with E-state index in [0.29, 0.717) is 27.6 Å². The number of nitrogens with zero attached hydrogens (tertiary/aromatic N) is 1. The van der Waals surface area contributed by atoms with Gasteiger partial charge in [0.05, 0.1) is 12.8 Å². The van der Waals surface area contributed by atoms with Gasteiger partial charge in [0.1, 0.15) is 17.1 Å². The van der Waals surface area contributed by atoms with Crippen molar-refractivity contribution in [3.8, 4) is 11.5 Å². The lowest BCUT2D eigenvalue weighted by Gasteiger charge is -2.27. The number of ether oxygens (including phenoxy) is 2. The van der Waals surface area contributed by atoms with Gasteiger partial charge in [-0.1, -0.05) is 35.9 Å². The Hall–Kier alpha value is -4.63. The molecule has 188 valence electrons. The summed E-state index contributed by atoms with van der Waals surface area (Å²) in [5.41, 5.74) is 1.42. The number of nitrogens with one attached hydrogen (secondary N) is 2. The summed E-state index contributed by atoms with van der Waals surface area (Å²) in [5, 5.41) is 5.26. The van der Waals surface area contributed by atoms with Crippen LogP contribution in [0.5, 0.6) is 11.5 Å². The van der Waals surface area contributed by atoms with Gasteiger partial charge in [-0.25, -0.2) is 9.69 Å². The van der Waals surface area contributed by atoms with Crippen LogP contribution in [0.2, 0.25) is 5.02 Å². The molecule has 1 aliphatic rings. The van der Waals surface area contributed by atoms with E-state index in [9.17, 15) is 19.2 Å². The van der Waals surface area contributed by atoms with Crippen LogP contribution in [0.25, 0.3) is 6.08 Å². The van der Waals surface area contributed by atoms with Gasteiger partial charge < -0.3 is 14.8 Å². The van der Waals surface area contributed by atoms with Gasteiger partial charge in [0.2, 0.25) is 0 Å². The quantitative estimate of drug-likeness (QED) is 0.354. The number of hydrogen-bond acceptors (Lipinski definition) is 6. The maximum absolute atomic E-state index is 13.3. The highest BCUT2D eigenvalue weighted by molar-refractivity contribution is 6.40. The second-order valence-corrected chi connectivity index (χ2v) is 8.35. The Morgan fingerprint density at radius 3 is 2.49 bits per heavy atom. The smallest absolute Gasteiger partial charge is 0.335 e. The summed E-state index contributed by atoms with van der Waals surface area (Å²) < 4.78 is 10.8. The first-order chi connectivity index (χ1) is 17.8. The third kappa shape index (κ3) is 5.62. The molecule has 0 bridgehead atoms. The number of methoxy groups -OCH3 is 1. The highest BCUT2D eigenvalue weighted by Gasteiger charge is 2.37. The monoisotopic (exact) mass is 519 g/mol. The summed E-state index contributed by atoms with van der Waals surface area (Å²) in [4.78, 5) is 51.6. The zero-order valence-corrected chi connectivity index (χ0v) is 20.7. The van der Waals surface area contributed by atoms with E-state index in [1.807, 2.05) is 0 Å². The Kier molecular flexibility index (Phi) is 7.55. The average molecular weight is 520 g/mol. The number of benzene rings is 3. The molecule has 1 fully saturated rings. The lowest BCUT2D eigenvalue weighted by Crippen LogP contribution is -2.54. The van der Waals surface area contributed by atoms with Crippen LogP contribution in [0.4, 0.5) is 16.2 Å². The van der Waals surface area contributed by atoms with Crippen molar-refractivity contribution in [2.45, 2.75) is 6.92 Å². The molecular weight excluding hydrogens is 498 g/mol. The van der Waals surface area contributed by atoms with Crippen molar-refractivity contribution >= 4 is 52.8 Å². The molecule has 4 rings (SSSR count). The molecule has 3 aromatic carbocycles. The summed E-state index contributed by atoms with van der Waals surface area (Å²) >= 11 is 6.16. The van der Waals surface area contributed by atoms with Crippen LogP contribution in [-0.2, 0) is 14.4 Å². The summed E-state index contributed by atoms with van der Waals surface area (Å²) in [6, 6.07) is 17.3. The topological polar surface area (TPSA) is 114 Å². The molecular formula is C27H22ClN3O6. The number of halogens is 1.